The first-order valence-electron chi connectivity index (χ1n) is 5.06. The Labute approximate surface area is 103 Å². The lowest BCUT2D eigenvalue weighted by Crippen LogP contribution is -2.16. The third-order valence-electron chi connectivity index (χ3n) is 2.78. The number of esters is 1. The highest BCUT2D eigenvalue weighted by molar-refractivity contribution is 6.35. The molecular formula is C12H12ClNO3. The van der Waals surface area contributed by atoms with Crippen LogP contribution in [0.5, 0.6) is 0 Å². The summed E-state index contributed by atoms with van der Waals surface area (Å²) < 4.78 is 6.24. The lowest BCUT2D eigenvalue weighted by Gasteiger charge is -2.09. The van der Waals surface area contributed by atoms with Crippen molar-refractivity contribution in [1.29, 1.82) is 0 Å². The number of aliphatic hydroxyl groups excluding tert-OH is 1. The van der Waals surface area contributed by atoms with E-state index in [1.165, 1.54) is 7.11 Å². The Balaban J connectivity index is 2.60. The van der Waals surface area contributed by atoms with Crippen LogP contribution in [0.3, 0.4) is 0 Å². The van der Waals surface area contributed by atoms with E-state index in [9.17, 15) is 9.90 Å². The largest absolute Gasteiger partial charge is 0.467 e. The van der Waals surface area contributed by atoms with E-state index in [1.54, 1.807) is 23.7 Å². The van der Waals surface area contributed by atoms with E-state index < -0.39 is 12.1 Å². The normalized spacial score (nSPS) is 12.7. The average molecular weight is 254 g/mol. The molecule has 5 heteroatoms. The molecule has 0 fully saturated rings. The highest BCUT2D eigenvalue weighted by Crippen LogP contribution is 2.29. The van der Waals surface area contributed by atoms with Crippen LogP contribution in [0.4, 0.5) is 0 Å². The summed E-state index contributed by atoms with van der Waals surface area (Å²) in [7, 11) is 3.00. The number of carbonyl (C=O) groups excluding carboxylic acids is 1. The Morgan fingerprint density at radius 2 is 2.24 bits per heavy atom. The number of aryl methyl sites for hydroxylation is 1. The first-order valence-corrected chi connectivity index (χ1v) is 5.43. The molecule has 0 saturated heterocycles. The first-order chi connectivity index (χ1) is 8.06. The van der Waals surface area contributed by atoms with Gasteiger partial charge in [0.15, 0.2) is 6.10 Å². The maximum atomic E-state index is 11.3. The van der Waals surface area contributed by atoms with Crippen molar-refractivity contribution < 1.29 is 14.6 Å². The molecule has 1 unspecified atom stereocenters. The quantitative estimate of drug-likeness (QED) is 0.834. The Bertz CT molecular complexity index is 576. The minimum Gasteiger partial charge on any atom is -0.467 e. The molecule has 1 aromatic carbocycles. The number of halogens is 1. The van der Waals surface area contributed by atoms with Crippen molar-refractivity contribution in [3.8, 4) is 0 Å². The van der Waals surface area contributed by atoms with Crippen molar-refractivity contribution in [2.45, 2.75) is 6.10 Å². The predicted molar refractivity (Wildman–Crippen MR) is 64.9 cm³/mol. The number of hydrogen-bond donors (Lipinski definition) is 1. The lowest BCUT2D eigenvalue weighted by molar-refractivity contribution is -0.151. The van der Waals surface area contributed by atoms with E-state index in [0.29, 0.717) is 10.7 Å². The summed E-state index contributed by atoms with van der Waals surface area (Å²) >= 11 is 6.05. The average Bonchev–Trinajstić information content (AvgIpc) is 2.67. The van der Waals surface area contributed by atoms with Gasteiger partial charge >= 0.3 is 5.97 Å². The van der Waals surface area contributed by atoms with Gasteiger partial charge in [-0.3, -0.25) is 0 Å². The van der Waals surface area contributed by atoms with Gasteiger partial charge in [0.25, 0.3) is 0 Å². The second kappa shape index (κ2) is 4.39. The molecule has 90 valence electrons. The molecular weight excluding hydrogens is 242 g/mol. The Morgan fingerprint density at radius 3 is 2.82 bits per heavy atom. The zero-order chi connectivity index (χ0) is 12.6. The Morgan fingerprint density at radius 1 is 1.53 bits per heavy atom. The maximum absolute atomic E-state index is 11.3. The molecule has 0 radical (unpaired) electrons. The van der Waals surface area contributed by atoms with Gasteiger partial charge < -0.3 is 14.4 Å². The number of ether oxygens (including phenoxy) is 1. The predicted octanol–water partition coefficient (Wildman–Crippen LogP) is 2.04. The molecule has 0 spiro atoms. The second-order valence-electron chi connectivity index (χ2n) is 3.73. The summed E-state index contributed by atoms with van der Waals surface area (Å²) in [6.45, 7) is 0. The molecule has 0 saturated carbocycles. The van der Waals surface area contributed by atoms with E-state index >= 15 is 0 Å². The van der Waals surface area contributed by atoms with Crippen molar-refractivity contribution in [1.82, 2.24) is 4.57 Å². The summed E-state index contributed by atoms with van der Waals surface area (Å²) in [4.78, 5) is 11.3. The summed E-state index contributed by atoms with van der Waals surface area (Å²) in [6, 6.07) is 7.14. The zero-order valence-corrected chi connectivity index (χ0v) is 10.2. The van der Waals surface area contributed by atoms with Crippen LogP contribution in [0.1, 0.15) is 11.8 Å². The molecule has 1 N–H and O–H groups in total. The SMILES string of the molecule is COC(=O)C(O)c1cc2c(Cl)cccc2n1C. The van der Waals surface area contributed by atoms with Gasteiger partial charge in [-0.1, -0.05) is 17.7 Å². The van der Waals surface area contributed by atoms with Gasteiger partial charge in [0.05, 0.1) is 12.8 Å². The van der Waals surface area contributed by atoms with E-state index in [-0.39, 0.29) is 0 Å². The molecule has 0 bridgehead atoms. The van der Waals surface area contributed by atoms with Crippen LogP contribution >= 0.6 is 11.6 Å². The summed E-state index contributed by atoms with van der Waals surface area (Å²) in [6.07, 6.45) is -1.30. The van der Waals surface area contributed by atoms with Crippen LogP contribution in [0.2, 0.25) is 5.02 Å². The van der Waals surface area contributed by atoms with Crippen LogP contribution in [0.25, 0.3) is 10.9 Å². The van der Waals surface area contributed by atoms with E-state index in [1.807, 2.05) is 12.1 Å². The molecule has 17 heavy (non-hydrogen) atoms. The van der Waals surface area contributed by atoms with Crippen molar-refractivity contribution >= 4 is 28.5 Å². The second-order valence-corrected chi connectivity index (χ2v) is 4.13. The topological polar surface area (TPSA) is 51.5 Å². The van der Waals surface area contributed by atoms with Crippen molar-refractivity contribution in [3.63, 3.8) is 0 Å². The molecule has 4 nitrogen and oxygen atoms in total. The van der Waals surface area contributed by atoms with Crippen molar-refractivity contribution in [2.75, 3.05) is 7.11 Å². The van der Waals surface area contributed by atoms with E-state index in [4.69, 9.17) is 11.6 Å². The number of aromatic nitrogens is 1. The molecule has 2 aromatic rings. The number of fused-ring (bicyclic) bond motifs is 1. The smallest absolute Gasteiger partial charge is 0.340 e. The number of hydrogen-bond acceptors (Lipinski definition) is 3. The molecule has 0 aliphatic carbocycles. The minimum absolute atomic E-state index is 0.458. The van der Waals surface area contributed by atoms with E-state index in [0.717, 1.165) is 10.9 Å². The fourth-order valence-electron chi connectivity index (χ4n) is 1.84. The molecule has 0 aliphatic rings. The number of aliphatic hydroxyl groups is 1. The van der Waals surface area contributed by atoms with Gasteiger partial charge in [-0.15, -0.1) is 0 Å². The summed E-state index contributed by atoms with van der Waals surface area (Å²) in [5.41, 5.74) is 1.32. The van der Waals surface area contributed by atoms with Crippen LogP contribution < -0.4 is 0 Å². The van der Waals surface area contributed by atoms with Gasteiger partial charge in [-0.2, -0.15) is 0 Å². The monoisotopic (exact) mass is 253 g/mol. The fraction of sp³-hybridized carbons (Fsp3) is 0.250. The molecule has 1 atom stereocenters. The molecule has 1 aromatic heterocycles. The minimum atomic E-state index is -1.30. The highest BCUT2D eigenvalue weighted by atomic mass is 35.5. The summed E-state index contributed by atoms with van der Waals surface area (Å²) in [5, 5.41) is 11.2. The van der Waals surface area contributed by atoms with Crippen molar-refractivity contribution in [2.24, 2.45) is 7.05 Å². The number of carbonyl (C=O) groups is 1. The number of methoxy groups -OCH3 is 1. The van der Waals surface area contributed by atoms with Crippen LogP contribution in [-0.4, -0.2) is 22.8 Å². The third-order valence-corrected chi connectivity index (χ3v) is 3.10. The number of rotatable bonds is 2. The Hall–Kier alpha value is -1.52. The molecule has 0 aliphatic heterocycles. The summed E-state index contributed by atoms with van der Waals surface area (Å²) in [5.74, 6) is -0.688. The zero-order valence-electron chi connectivity index (χ0n) is 9.48. The van der Waals surface area contributed by atoms with E-state index in [2.05, 4.69) is 4.74 Å². The number of nitrogens with zero attached hydrogens (tertiary/aromatic N) is 1. The first kappa shape index (κ1) is 12.0. The van der Waals surface area contributed by atoms with Crippen molar-refractivity contribution in [3.05, 3.63) is 35.0 Å². The Kier molecular flexibility index (Phi) is 3.09. The third kappa shape index (κ3) is 1.90. The molecule has 0 amide bonds. The standard InChI is InChI=1S/C12H12ClNO3/c1-14-9-5-3-4-8(13)7(9)6-10(14)11(15)12(16)17-2/h3-6,11,15H,1-2H3. The molecule has 1 heterocycles. The van der Waals surface area contributed by atoms with Gasteiger partial charge in [-0.05, 0) is 18.2 Å². The van der Waals surface area contributed by atoms with Gasteiger partial charge in [0.2, 0.25) is 0 Å². The maximum Gasteiger partial charge on any atom is 0.340 e. The highest BCUT2D eigenvalue weighted by Gasteiger charge is 2.22. The number of benzene rings is 1. The van der Waals surface area contributed by atoms with Gasteiger partial charge in [-0.25, -0.2) is 4.79 Å². The van der Waals surface area contributed by atoms with Crippen LogP contribution in [0.15, 0.2) is 24.3 Å². The lowest BCUT2D eigenvalue weighted by atomic mass is 10.2. The van der Waals surface area contributed by atoms with Crippen LogP contribution in [0, 0.1) is 0 Å². The molecule has 2 rings (SSSR count). The van der Waals surface area contributed by atoms with Gasteiger partial charge in [0.1, 0.15) is 0 Å². The fourth-order valence-corrected chi connectivity index (χ4v) is 2.06. The van der Waals surface area contributed by atoms with Crippen LogP contribution in [-0.2, 0) is 16.6 Å². The van der Waals surface area contributed by atoms with Gasteiger partial charge in [0, 0.05) is 23.0 Å².